The predicted molar refractivity (Wildman–Crippen MR) is 58.8 cm³/mol. The molecule has 0 N–H and O–H groups in total. The molecule has 0 fully saturated rings. The predicted octanol–water partition coefficient (Wildman–Crippen LogP) is 2.69. The molecule has 0 bridgehead atoms. The average molecular weight is 208 g/mol. The summed E-state index contributed by atoms with van der Waals surface area (Å²) in [6, 6.07) is 5.32. The molecular formula is C12H16O3. The molecule has 3 heteroatoms. The van der Waals surface area contributed by atoms with Gasteiger partial charge in [0.2, 0.25) is 0 Å². The molecule has 3 nitrogen and oxygen atoms in total. The molecule has 82 valence electrons. The molecule has 0 spiro atoms. The molecule has 0 unspecified atom stereocenters. The summed E-state index contributed by atoms with van der Waals surface area (Å²) in [4.78, 5) is 10.8. The van der Waals surface area contributed by atoms with E-state index >= 15 is 0 Å². The van der Waals surface area contributed by atoms with Crippen molar-refractivity contribution < 1.29 is 14.3 Å². The van der Waals surface area contributed by atoms with Gasteiger partial charge in [0.1, 0.15) is 0 Å². The molecule has 0 saturated heterocycles. The van der Waals surface area contributed by atoms with Crippen molar-refractivity contribution in [2.24, 2.45) is 0 Å². The monoisotopic (exact) mass is 208 g/mol. The highest BCUT2D eigenvalue weighted by molar-refractivity contribution is 5.81. The number of hydrogen-bond donors (Lipinski definition) is 0. The molecule has 0 aliphatic carbocycles. The molecule has 0 aromatic heterocycles. The molecule has 0 radical (unpaired) electrons. The van der Waals surface area contributed by atoms with E-state index in [0.29, 0.717) is 30.3 Å². The number of benzene rings is 1. The highest BCUT2D eigenvalue weighted by atomic mass is 16.5. The molecule has 1 aromatic rings. The first-order valence-corrected chi connectivity index (χ1v) is 5.17. The molecule has 0 heterocycles. The first-order valence-electron chi connectivity index (χ1n) is 5.17. The highest BCUT2D eigenvalue weighted by Gasteiger charge is 2.09. The Morgan fingerprint density at radius 2 is 2.07 bits per heavy atom. The third-order valence-electron chi connectivity index (χ3n) is 1.89. The van der Waals surface area contributed by atoms with Crippen LogP contribution in [0.5, 0.6) is 11.5 Å². The van der Waals surface area contributed by atoms with Crippen molar-refractivity contribution in [2.45, 2.75) is 20.3 Å². The highest BCUT2D eigenvalue weighted by Crippen LogP contribution is 2.30. The average Bonchev–Trinajstić information content (AvgIpc) is 2.27. The summed E-state index contributed by atoms with van der Waals surface area (Å²) in [6.45, 7) is 5.07. The van der Waals surface area contributed by atoms with Gasteiger partial charge in [0, 0.05) is 0 Å². The third kappa shape index (κ3) is 2.98. The van der Waals surface area contributed by atoms with E-state index in [1.165, 1.54) is 0 Å². The van der Waals surface area contributed by atoms with Crippen LogP contribution in [0.3, 0.4) is 0 Å². The molecule has 0 atom stereocenters. The van der Waals surface area contributed by atoms with Gasteiger partial charge in [-0.15, -0.1) is 0 Å². The molecule has 1 rings (SSSR count). The number of para-hydroxylation sites is 1. The van der Waals surface area contributed by atoms with Crippen molar-refractivity contribution in [1.29, 1.82) is 0 Å². The van der Waals surface area contributed by atoms with Crippen molar-refractivity contribution in [3.05, 3.63) is 23.8 Å². The second kappa shape index (κ2) is 6.06. The van der Waals surface area contributed by atoms with Gasteiger partial charge in [0.15, 0.2) is 17.8 Å². The fourth-order valence-electron chi connectivity index (χ4n) is 1.25. The Balaban J connectivity index is 2.97. The minimum atomic E-state index is 0.536. The first kappa shape index (κ1) is 11.6. The van der Waals surface area contributed by atoms with Crippen LogP contribution in [-0.4, -0.2) is 19.5 Å². The Bertz CT molecular complexity index is 321. The maximum absolute atomic E-state index is 10.8. The SMILES string of the molecule is CCCOc1c(C=O)cccc1OCC. The van der Waals surface area contributed by atoms with E-state index in [1.54, 1.807) is 12.1 Å². The Hall–Kier alpha value is -1.51. The van der Waals surface area contributed by atoms with Crippen LogP contribution >= 0.6 is 0 Å². The summed E-state index contributed by atoms with van der Waals surface area (Å²) >= 11 is 0. The molecule has 1 aromatic carbocycles. The van der Waals surface area contributed by atoms with Crippen LogP contribution in [0.1, 0.15) is 30.6 Å². The van der Waals surface area contributed by atoms with Crippen molar-refractivity contribution >= 4 is 6.29 Å². The van der Waals surface area contributed by atoms with E-state index in [1.807, 2.05) is 19.9 Å². The van der Waals surface area contributed by atoms with Crippen LogP contribution in [-0.2, 0) is 0 Å². The molecule has 0 aliphatic heterocycles. The van der Waals surface area contributed by atoms with Crippen LogP contribution < -0.4 is 9.47 Å². The van der Waals surface area contributed by atoms with E-state index in [0.717, 1.165) is 12.7 Å². The van der Waals surface area contributed by atoms with E-state index in [2.05, 4.69) is 0 Å². The first-order chi connectivity index (χ1) is 7.33. The van der Waals surface area contributed by atoms with Gasteiger partial charge in [-0.1, -0.05) is 13.0 Å². The van der Waals surface area contributed by atoms with Gasteiger partial charge in [-0.2, -0.15) is 0 Å². The summed E-state index contributed by atoms with van der Waals surface area (Å²) in [5, 5.41) is 0. The van der Waals surface area contributed by atoms with Crippen LogP contribution in [0.25, 0.3) is 0 Å². The van der Waals surface area contributed by atoms with Gasteiger partial charge in [0.25, 0.3) is 0 Å². The number of aldehydes is 1. The summed E-state index contributed by atoms with van der Waals surface area (Å²) in [5.74, 6) is 1.19. The van der Waals surface area contributed by atoms with E-state index in [9.17, 15) is 4.79 Å². The number of carbonyl (C=O) groups is 1. The van der Waals surface area contributed by atoms with Crippen molar-refractivity contribution in [1.82, 2.24) is 0 Å². The lowest BCUT2D eigenvalue weighted by molar-refractivity contribution is 0.111. The van der Waals surface area contributed by atoms with E-state index in [-0.39, 0.29) is 0 Å². The van der Waals surface area contributed by atoms with Gasteiger partial charge < -0.3 is 9.47 Å². The number of hydrogen-bond acceptors (Lipinski definition) is 3. The second-order valence-electron chi connectivity index (χ2n) is 3.07. The number of ether oxygens (including phenoxy) is 2. The largest absolute Gasteiger partial charge is 0.490 e. The Kier molecular flexibility index (Phi) is 4.68. The third-order valence-corrected chi connectivity index (χ3v) is 1.89. The van der Waals surface area contributed by atoms with Gasteiger partial charge in [-0.3, -0.25) is 4.79 Å². The summed E-state index contributed by atoms with van der Waals surface area (Å²) in [5.41, 5.74) is 0.536. The molecule has 0 aliphatic rings. The maximum atomic E-state index is 10.8. The minimum absolute atomic E-state index is 0.536. The van der Waals surface area contributed by atoms with Crippen LogP contribution in [0.4, 0.5) is 0 Å². The fourth-order valence-corrected chi connectivity index (χ4v) is 1.25. The zero-order valence-corrected chi connectivity index (χ0v) is 9.16. The van der Waals surface area contributed by atoms with E-state index in [4.69, 9.17) is 9.47 Å². The number of carbonyl (C=O) groups excluding carboxylic acids is 1. The van der Waals surface area contributed by atoms with E-state index < -0.39 is 0 Å². The topological polar surface area (TPSA) is 35.5 Å². The normalized spacial score (nSPS) is 9.73. The second-order valence-corrected chi connectivity index (χ2v) is 3.07. The molecule has 0 amide bonds. The summed E-state index contributed by atoms with van der Waals surface area (Å²) in [7, 11) is 0. The van der Waals surface area contributed by atoms with Gasteiger partial charge >= 0.3 is 0 Å². The fraction of sp³-hybridized carbons (Fsp3) is 0.417. The Morgan fingerprint density at radius 3 is 2.67 bits per heavy atom. The van der Waals surface area contributed by atoms with Crippen LogP contribution in [0.15, 0.2) is 18.2 Å². The number of rotatable bonds is 6. The molecule has 0 saturated carbocycles. The zero-order valence-electron chi connectivity index (χ0n) is 9.16. The lowest BCUT2D eigenvalue weighted by atomic mass is 10.2. The maximum Gasteiger partial charge on any atom is 0.171 e. The quantitative estimate of drug-likeness (QED) is 0.674. The van der Waals surface area contributed by atoms with Gasteiger partial charge in [0.05, 0.1) is 18.8 Å². The lowest BCUT2D eigenvalue weighted by Gasteiger charge is -2.12. The van der Waals surface area contributed by atoms with Gasteiger partial charge in [-0.25, -0.2) is 0 Å². The molecule has 15 heavy (non-hydrogen) atoms. The van der Waals surface area contributed by atoms with Crippen molar-refractivity contribution in [2.75, 3.05) is 13.2 Å². The van der Waals surface area contributed by atoms with Crippen molar-refractivity contribution in [3.8, 4) is 11.5 Å². The smallest absolute Gasteiger partial charge is 0.171 e. The lowest BCUT2D eigenvalue weighted by Crippen LogP contribution is -2.02. The Morgan fingerprint density at radius 1 is 1.27 bits per heavy atom. The van der Waals surface area contributed by atoms with Gasteiger partial charge in [-0.05, 0) is 25.5 Å². The standard InChI is InChI=1S/C12H16O3/c1-3-8-15-12-10(9-13)6-5-7-11(12)14-4-2/h5-7,9H,3-4,8H2,1-2H3. The summed E-state index contributed by atoms with van der Waals surface area (Å²) < 4.78 is 10.9. The molecular weight excluding hydrogens is 192 g/mol. The van der Waals surface area contributed by atoms with Crippen LogP contribution in [0, 0.1) is 0 Å². The van der Waals surface area contributed by atoms with Crippen molar-refractivity contribution in [3.63, 3.8) is 0 Å². The summed E-state index contributed by atoms with van der Waals surface area (Å²) in [6.07, 6.45) is 1.69. The minimum Gasteiger partial charge on any atom is -0.490 e. The zero-order chi connectivity index (χ0) is 11.1. The van der Waals surface area contributed by atoms with Crippen LogP contribution in [0.2, 0.25) is 0 Å². The Labute approximate surface area is 90.0 Å².